The van der Waals surface area contributed by atoms with Gasteiger partial charge in [-0.2, -0.15) is 0 Å². The highest BCUT2D eigenvalue weighted by Crippen LogP contribution is 2.10. The van der Waals surface area contributed by atoms with Gasteiger partial charge in [-0.1, -0.05) is 0 Å². The molecule has 4 nitrogen and oxygen atoms in total. The number of aliphatic hydroxyl groups is 1. The third-order valence-corrected chi connectivity index (χ3v) is 2.12. The van der Waals surface area contributed by atoms with Crippen LogP contribution in [-0.4, -0.2) is 41.7 Å². The van der Waals surface area contributed by atoms with Gasteiger partial charge in [-0.05, 0) is 12.8 Å². The fraction of sp³-hybridized carbons (Fsp3) is 0.875. The van der Waals surface area contributed by atoms with E-state index in [-0.39, 0.29) is 12.5 Å². The van der Waals surface area contributed by atoms with Crippen molar-refractivity contribution in [2.45, 2.75) is 25.4 Å². The number of aliphatic hydroxyl groups excluding tert-OH is 1. The number of amides is 1. The Labute approximate surface area is 72.3 Å². The Morgan fingerprint density at radius 1 is 1.58 bits per heavy atom. The molecule has 0 aromatic heterocycles. The number of hydrogen-bond acceptors (Lipinski definition) is 3. The summed E-state index contributed by atoms with van der Waals surface area (Å²) in [7, 11) is 0. The molecule has 0 spiro atoms. The molecule has 1 amide bonds. The van der Waals surface area contributed by atoms with Crippen LogP contribution in [0.2, 0.25) is 0 Å². The molecule has 1 saturated heterocycles. The average molecular weight is 172 g/mol. The molecule has 3 N–H and O–H groups in total. The fourth-order valence-electron chi connectivity index (χ4n) is 1.38. The molecule has 1 aliphatic rings. The van der Waals surface area contributed by atoms with Crippen LogP contribution in [0.1, 0.15) is 19.3 Å². The lowest BCUT2D eigenvalue weighted by molar-refractivity contribution is -0.134. The van der Waals surface area contributed by atoms with Crippen LogP contribution in [0.4, 0.5) is 0 Å². The molecule has 0 radical (unpaired) electrons. The number of rotatable bonds is 3. The molecule has 0 aromatic rings. The highest BCUT2D eigenvalue weighted by molar-refractivity contribution is 5.76. The molecule has 70 valence electrons. The van der Waals surface area contributed by atoms with E-state index in [9.17, 15) is 9.90 Å². The van der Waals surface area contributed by atoms with Crippen LogP contribution < -0.4 is 5.73 Å². The van der Waals surface area contributed by atoms with Gasteiger partial charge in [0.2, 0.25) is 5.91 Å². The average Bonchev–Trinajstić information content (AvgIpc) is 2.09. The van der Waals surface area contributed by atoms with E-state index < -0.39 is 6.10 Å². The van der Waals surface area contributed by atoms with Crippen LogP contribution in [0, 0.1) is 0 Å². The van der Waals surface area contributed by atoms with E-state index >= 15 is 0 Å². The van der Waals surface area contributed by atoms with Gasteiger partial charge in [-0.3, -0.25) is 4.79 Å². The molecule has 0 aliphatic carbocycles. The molecule has 1 fully saturated rings. The van der Waals surface area contributed by atoms with Gasteiger partial charge in [-0.15, -0.1) is 0 Å². The zero-order valence-corrected chi connectivity index (χ0v) is 7.20. The van der Waals surface area contributed by atoms with Gasteiger partial charge < -0.3 is 15.7 Å². The van der Waals surface area contributed by atoms with Gasteiger partial charge in [-0.25, -0.2) is 0 Å². The smallest absolute Gasteiger partial charge is 0.222 e. The third kappa shape index (κ3) is 2.46. The predicted octanol–water partition coefficient (Wildman–Crippen LogP) is -0.681. The molecular formula is C8H16N2O2. The maximum Gasteiger partial charge on any atom is 0.222 e. The number of carbonyl (C=O) groups is 1. The number of piperidine rings is 1. The highest BCUT2D eigenvalue weighted by atomic mass is 16.3. The van der Waals surface area contributed by atoms with Gasteiger partial charge in [0.1, 0.15) is 0 Å². The normalized spacial score (nSPS) is 21.2. The summed E-state index contributed by atoms with van der Waals surface area (Å²) in [6, 6.07) is 0. The summed E-state index contributed by atoms with van der Waals surface area (Å²) < 4.78 is 0. The SMILES string of the molecule is NCC(O)CN1CCCCC1=O. The topological polar surface area (TPSA) is 66.6 Å². The Bertz CT molecular complexity index is 161. The summed E-state index contributed by atoms with van der Waals surface area (Å²) >= 11 is 0. The molecule has 0 aromatic carbocycles. The molecule has 1 atom stereocenters. The second-order valence-electron chi connectivity index (χ2n) is 3.19. The minimum Gasteiger partial charge on any atom is -0.390 e. The third-order valence-electron chi connectivity index (χ3n) is 2.12. The first-order valence-electron chi connectivity index (χ1n) is 4.40. The summed E-state index contributed by atoms with van der Waals surface area (Å²) in [5.41, 5.74) is 5.25. The van der Waals surface area contributed by atoms with Crippen LogP contribution in [0.3, 0.4) is 0 Å². The fourth-order valence-corrected chi connectivity index (χ4v) is 1.38. The van der Waals surface area contributed by atoms with Crippen molar-refractivity contribution in [3.05, 3.63) is 0 Å². The van der Waals surface area contributed by atoms with E-state index in [1.807, 2.05) is 0 Å². The number of hydrogen-bond donors (Lipinski definition) is 2. The Morgan fingerprint density at radius 2 is 2.33 bits per heavy atom. The molecule has 1 unspecified atom stereocenters. The quantitative estimate of drug-likeness (QED) is 0.592. The van der Waals surface area contributed by atoms with Crippen molar-refractivity contribution in [3.8, 4) is 0 Å². The van der Waals surface area contributed by atoms with Crippen molar-refractivity contribution in [2.24, 2.45) is 5.73 Å². The summed E-state index contributed by atoms with van der Waals surface area (Å²) in [4.78, 5) is 12.9. The molecule has 0 saturated carbocycles. The van der Waals surface area contributed by atoms with Crippen molar-refractivity contribution in [3.63, 3.8) is 0 Å². The first-order chi connectivity index (χ1) is 5.74. The molecule has 1 aliphatic heterocycles. The number of nitrogens with zero attached hydrogens (tertiary/aromatic N) is 1. The monoisotopic (exact) mass is 172 g/mol. The first kappa shape index (κ1) is 9.48. The van der Waals surface area contributed by atoms with E-state index in [1.165, 1.54) is 0 Å². The minimum absolute atomic E-state index is 0.147. The van der Waals surface area contributed by atoms with Gasteiger partial charge in [0.25, 0.3) is 0 Å². The zero-order chi connectivity index (χ0) is 8.97. The van der Waals surface area contributed by atoms with Crippen molar-refractivity contribution in [1.29, 1.82) is 0 Å². The van der Waals surface area contributed by atoms with Gasteiger partial charge in [0.15, 0.2) is 0 Å². The van der Waals surface area contributed by atoms with Gasteiger partial charge >= 0.3 is 0 Å². The lowest BCUT2D eigenvalue weighted by Crippen LogP contribution is -2.42. The number of likely N-dealkylation sites (tertiary alicyclic amines) is 1. The van der Waals surface area contributed by atoms with Crippen LogP contribution in [0.15, 0.2) is 0 Å². The van der Waals surface area contributed by atoms with Crippen LogP contribution in [-0.2, 0) is 4.79 Å². The van der Waals surface area contributed by atoms with E-state index in [0.29, 0.717) is 13.0 Å². The number of carbonyl (C=O) groups excluding carboxylic acids is 1. The largest absolute Gasteiger partial charge is 0.390 e. The van der Waals surface area contributed by atoms with E-state index in [0.717, 1.165) is 19.4 Å². The summed E-state index contributed by atoms with van der Waals surface area (Å²) in [5.74, 6) is 0.147. The molecule has 0 bridgehead atoms. The Balaban J connectivity index is 2.34. The van der Waals surface area contributed by atoms with Crippen molar-refractivity contribution >= 4 is 5.91 Å². The lowest BCUT2D eigenvalue weighted by atomic mass is 10.1. The van der Waals surface area contributed by atoms with Crippen molar-refractivity contribution in [2.75, 3.05) is 19.6 Å². The molecule has 12 heavy (non-hydrogen) atoms. The van der Waals surface area contributed by atoms with E-state index in [4.69, 9.17) is 5.73 Å². The van der Waals surface area contributed by atoms with Crippen molar-refractivity contribution in [1.82, 2.24) is 4.90 Å². The summed E-state index contributed by atoms with van der Waals surface area (Å²) in [6.07, 6.45) is 2.08. The molecular weight excluding hydrogens is 156 g/mol. The standard InChI is InChI=1S/C8H16N2O2/c9-5-7(11)6-10-4-2-1-3-8(10)12/h7,11H,1-6,9H2. The second kappa shape index (κ2) is 4.42. The Hall–Kier alpha value is -0.610. The Morgan fingerprint density at radius 3 is 2.92 bits per heavy atom. The summed E-state index contributed by atoms with van der Waals surface area (Å²) in [5, 5.41) is 9.21. The van der Waals surface area contributed by atoms with Gasteiger partial charge in [0, 0.05) is 26.1 Å². The van der Waals surface area contributed by atoms with Crippen LogP contribution >= 0.6 is 0 Å². The summed E-state index contributed by atoms with van der Waals surface area (Å²) in [6.45, 7) is 1.40. The highest BCUT2D eigenvalue weighted by Gasteiger charge is 2.19. The van der Waals surface area contributed by atoms with Crippen molar-refractivity contribution < 1.29 is 9.90 Å². The van der Waals surface area contributed by atoms with E-state index in [1.54, 1.807) is 4.90 Å². The number of nitrogens with two attached hydrogens (primary N) is 1. The van der Waals surface area contributed by atoms with Crippen LogP contribution in [0.25, 0.3) is 0 Å². The molecule has 1 heterocycles. The van der Waals surface area contributed by atoms with Crippen LogP contribution in [0.5, 0.6) is 0 Å². The number of β-amino-alcohol motifs (C(OH)–C–C–N with tert-alkyl or cyclic N) is 1. The zero-order valence-electron chi connectivity index (χ0n) is 7.20. The minimum atomic E-state index is -0.563. The second-order valence-corrected chi connectivity index (χ2v) is 3.19. The predicted molar refractivity (Wildman–Crippen MR) is 45.5 cm³/mol. The molecule has 4 heteroatoms. The maximum atomic E-state index is 11.2. The van der Waals surface area contributed by atoms with Gasteiger partial charge in [0.05, 0.1) is 6.10 Å². The first-order valence-corrected chi connectivity index (χ1v) is 4.40. The lowest BCUT2D eigenvalue weighted by Gasteiger charge is -2.28. The van der Waals surface area contributed by atoms with E-state index in [2.05, 4.69) is 0 Å². The maximum absolute atomic E-state index is 11.2. The molecule has 1 rings (SSSR count). The Kier molecular flexibility index (Phi) is 3.49.